The second-order valence-electron chi connectivity index (χ2n) is 13.3. The molecule has 0 radical (unpaired) electrons. The molecule has 10 atom stereocenters. The number of rotatable bonds is 6. The number of hydrogen-bond donors (Lipinski definition) is 1. The molecule has 0 aromatic carbocycles. The molecule has 14 nitrogen and oxygen atoms in total. The van der Waals surface area contributed by atoms with Crippen LogP contribution in [0.3, 0.4) is 0 Å². The molecule has 0 aromatic heterocycles. The minimum Gasteiger partial charge on any atom is -0.469 e. The van der Waals surface area contributed by atoms with Crippen LogP contribution in [0.15, 0.2) is 23.8 Å². The maximum atomic E-state index is 13.3. The number of carbonyl (C=O) groups excluding carboxylic acids is 6. The summed E-state index contributed by atoms with van der Waals surface area (Å²) in [5.41, 5.74) is -5.27. The van der Waals surface area contributed by atoms with Gasteiger partial charge in [0.05, 0.1) is 20.0 Å². The molecule has 10 unspecified atom stereocenters. The van der Waals surface area contributed by atoms with Crippen molar-refractivity contribution in [3.63, 3.8) is 0 Å². The van der Waals surface area contributed by atoms with Gasteiger partial charge in [0.1, 0.15) is 29.5 Å². The second-order valence-corrected chi connectivity index (χ2v) is 13.3. The average Bonchev–Trinajstić information content (AvgIpc) is 3.61. The lowest BCUT2D eigenvalue weighted by Gasteiger charge is -2.59. The third-order valence-electron chi connectivity index (χ3n) is 10.3. The van der Waals surface area contributed by atoms with Gasteiger partial charge < -0.3 is 38.3 Å². The molecule has 1 saturated carbocycles. The first-order valence-corrected chi connectivity index (χ1v) is 14.6. The van der Waals surface area contributed by atoms with Gasteiger partial charge in [-0.15, -0.1) is 0 Å². The van der Waals surface area contributed by atoms with Crippen LogP contribution in [0.4, 0.5) is 0 Å². The van der Waals surface area contributed by atoms with Crippen LogP contribution in [0.2, 0.25) is 0 Å². The van der Waals surface area contributed by atoms with Crippen molar-refractivity contribution in [1.29, 1.82) is 0 Å². The minimum absolute atomic E-state index is 0.0147. The van der Waals surface area contributed by atoms with Gasteiger partial charge in [-0.25, -0.2) is 9.59 Å². The quantitative estimate of drug-likeness (QED) is 0.190. The number of hydrogen-bond acceptors (Lipinski definition) is 14. The number of cyclic esters (lactones) is 3. The maximum absolute atomic E-state index is 13.3. The normalized spacial score (nSPS) is 41.6. The molecule has 0 amide bonds. The lowest BCUT2D eigenvalue weighted by Crippen LogP contribution is -2.66. The third-order valence-corrected chi connectivity index (χ3v) is 10.3. The fraction of sp³-hybridized carbons (Fsp3) is 0.677. The average molecular weight is 635 g/mol. The Morgan fingerprint density at radius 1 is 1.02 bits per heavy atom. The molecule has 4 fully saturated rings. The summed E-state index contributed by atoms with van der Waals surface area (Å²) in [6.07, 6.45) is -6.10. The first-order valence-electron chi connectivity index (χ1n) is 14.6. The van der Waals surface area contributed by atoms with E-state index in [-0.39, 0.29) is 24.0 Å². The van der Waals surface area contributed by atoms with Crippen molar-refractivity contribution < 1.29 is 67.0 Å². The van der Waals surface area contributed by atoms with Crippen molar-refractivity contribution in [3.05, 3.63) is 23.8 Å². The van der Waals surface area contributed by atoms with E-state index in [4.69, 9.17) is 33.2 Å². The Labute approximate surface area is 259 Å². The molecule has 1 aliphatic carbocycles. The van der Waals surface area contributed by atoms with Crippen LogP contribution in [0, 0.1) is 22.7 Å². The summed E-state index contributed by atoms with van der Waals surface area (Å²) in [6, 6.07) is 0. The number of aliphatic hydroxyl groups excluding tert-OH is 1. The zero-order chi connectivity index (χ0) is 33.4. The van der Waals surface area contributed by atoms with Gasteiger partial charge in [0.2, 0.25) is 6.29 Å². The van der Waals surface area contributed by atoms with Crippen molar-refractivity contribution >= 4 is 35.8 Å². The van der Waals surface area contributed by atoms with Gasteiger partial charge in [-0.05, 0) is 25.8 Å². The third kappa shape index (κ3) is 4.84. The first kappa shape index (κ1) is 32.6. The van der Waals surface area contributed by atoms with E-state index in [0.29, 0.717) is 0 Å². The van der Waals surface area contributed by atoms with Crippen LogP contribution in [-0.2, 0) is 61.9 Å². The van der Waals surface area contributed by atoms with Gasteiger partial charge in [-0.3, -0.25) is 19.2 Å². The molecular weight excluding hydrogens is 596 g/mol. The Morgan fingerprint density at radius 2 is 1.67 bits per heavy atom. The van der Waals surface area contributed by atoms with E-state index >= 15 is 0 Å². The molecule has 14 heteroatoms. The summed E-state index contributed by atoms with van der Waals surface area (Å²) in [6.45, 7) is 13.4. The van der Waals surface area contributed by atoms with E-state index < -0.39 is 107 Å². The monoisotopic (exact) mass is 634 g/mol. The van der Waals surface area contributed by atoms with Crippen LogP contribution < -0.4 is 0 Å². The Morgan fingerprint density at radius 3 is 2.22 bits per heavy atom. The molecule has 0 bridgehead atoms. The summed E-state index contributed by atoms with van der Waals surface area (Å²) in [4.78, 5) is 76.6. The van der Waals surface area contributed by atoms with E-state index in [9.17, 15) is 33.9 Å². The summed E-state index contributed by atoms with van der Waals surface area (Å²) in [7, 11) is 1.21. The Bertz CT molecular complexity index is 1410. The first-order chi connectivity index (χ1) is 20.8. The molecule has 246 valence electrons. The van der Waals surface area contributed by atoms with Crippen molar-refractivity contribution in [2.75, 3.05) is 7.11 Å². The molecule has 5 rings (SSSR count). The second kappa shape index (κ2) is 10.6. The lowest BCUT2D eigenvalue weighted by atomic mass is 9.47. The van der Waals surface area contributed by atoms with Crippen LogP contribution in [-0.4, -0.2) is 89.9 Å². The number of ether oxygens (including phenoxy) is 7. The van der Waals surface area contributed by atoms with Crippen LogP contribution >= 0.6 is 0 Å². The van der Waals surface area contributed by atoms with E-state index in [1.807, 2.05) is 0 Å². The lowest BCUT2D eigenvalue weighted by molar-refractivity contribution is -0.199. The smallest absolute Gasteiger partial charge is 0.339 e. The largest absolute Gasteiger partial charge is 0.469 e. The molecule has 4 heterocycles. The molecule has 0 aromatic rings. The molecule has 3 saturated heterocycles. The van der Waals surface area contributed by atoms with Crippen molar-refractivity contribution in [1.82, 2.24) is 0 Å². The summed E-state index contributed by atoms with van der Waals surface area (Å²) >= 11 is 0. The van der Waals surface area contributed by atoms with Gasteiger partial charge in [0.25, 0.3) is 0 Å². The van der Waals surface area contributed by atoms with Crippen LogP contribution in [0.1, 0.15) is 60.8 Å². The highest BCUT2D eigenvalue weighted by atomic mass is 16.7. The standard InChI is InChI=1S/C31H38O14/c1-13-23(30(7)18(10-20(34)39-8)28(4,5)44-22(36)11-19(30)41-15(3)33)17(40-14(2)32)12-29(6)24(16-9-21(35)42-26(16)37)43-27(38)25-31(13,29)45-25/h9,17-19,23-26,37H,1,10-12H2,2-8H3. The fourth-order valence-electron chi connectivity index (χ4n) is 8.58. The zero-order valence-electron chi connectivity index (χ0n) is 26.2. The highest BCUT2D eigenvalue weighted by molar-refractivity contribution is 5.88. The number of esters is 6. The molecular formula is C31H38O14. The number of methoxy groups -OCH3 is 1. The van der Waals surface area contributed by atoms with Crippen molar-refractivity contribution in [3.8, 4) is 0 Å². The number of carbonyl (C=O) groups is 6. The van der Waals surface area contributed by atoms with Crippen molar-refractivity contribution in [2.24, 2.45) is 22.7 Å². The Kier molecular flexibility index (Phi) is 7.72. The highest BCUT2D eigenvalue weighted by Crippen LogP contribution is 2.71. The van der Waals surface area contributed by atoms with Gasteiger partial charge in [0, 0.05) is 48.2 Å². The van der Waals surface area contributed by atoms with Crippen LogP contribution in [0.25, 0.3) is 0 Å². The summed E-state index contributed by atoms with van der Waals surface area (Å²) < 4.78 is 39.4. The van der Waals surface area contributed by atoms with Crippen LogP contribution in [0.5, 0.6) is 0 Å². The summed E-state index contributed by atoms with van der Waals surface area (Å²) in [5.74, 6) is -6.23. The maximum Gasteiger partial charge on any atom is 0.339 e. The van der Waals surface area contributed by atoms with E-state index in [1.54, 1.807) is 27.7 Å². The van der Waals surface area contributed by atoms with E-state index in [2.05, 4.69) is 6.58 Å². The SMILES string of the molecule is C=C1C(C2(C)C(OC(C)=O)CC(=O)OC(C)(C)C2CC(=O)OC)C(OC(C)=O)CC2(C)C(C3=CC(=O)OC3O)OC(=O)C3OC132. The molecule has 45 heavy (non-hydrogen) atoms. The molecule has 4 aliphatic heterocycles. The van der Waals surface area contributed by atoms with E-state index in [0.717, 1.165) is 6.08 Å². The number of aliphatic hydroxyl groups is 1. The fourth-order valence-corrected chi connectivity index (χ4v) is 8.58. The molecule has 5 aliphatic rings. The minimum atomic E-state index is -1.70. The predicted octanol–water partition coefficient (Wildman–Crippen LogP) is 1.21. The Balaban J connectivity index is 1.73. The topological polar surface area (TPSA) is 191 Å². The zero-order valence-corrected chi connectivity index (χ0v) is 26.2. The summed E-state index contributed by atoms with van der Waals surface area (Å²) in [5, 5.41) is 10.6. The van der Waals surface area contributed by atoms with Gasteiger partial charge in [0.15, 0.2) is 6.10 Å². The molecule has 1 spiro atoms. The predicted molar refractivity (Wildman–Crippen MR) is 147 cm³/mol. The van der Waals surface area contributed by atoms with Crippen molar-refractivity contribution in [2.45, 2.75) is 103 Å². The Hall–Kier alpha value is -3.78. The highest BCUT2D eigenvalue weighted by Gasteiger charge is 2.83. The van der Waals surface area contributed by atoms with Gasteiger partial charge in [-0.1, -0.05) is 20.4 Å². The van der Waals surface area contributed by atoms with Gasteiger partial charge >= 0.3 is 35.8 Å². The molecule has 1 N–H and O–H groups in total. The number of epoxide rings is 1. The van der Waals surface area contributed by atoms with Gasteiger partial charge in [-0.2, -0.15) is 0 Å². The van der Waals surface area contributed by atoms with E-state index in [1.165, 1.54) is 21.0 Å².